The number of rotatable bonds is 3. The van der Waals surface area contributed by atoms with E-state index in [9.17, 15) is 9.59 Å². The largest absolute Gasteiger partial charge is 0.477 e. The second-order valence-corrected chi connectivity index (χ2v) is 5.76. The molecule has 2 saturated heterocycles. The average molecular weight is 289 g/mol. The number of carbonyl (C=O) groups excluding carboxylic acids is 1. The lowest BCUT2D eigenvalue weighted by molar-refractivity contribution is 0.0690. The highest BCUT2D eigenvalue weighted by Gasteiger charge is 2.32. The lowest BCUT2D eigenvalue weighted by atomic mass is 9.97. The summed E-state index contributed by atoms with van der Waals surface area (Å²) in [7, 11) is 0. The summed E-state index contributed by atoms with van der Waals surface area (Å²) >= 11 is 0. The summed E-state index contributed by atoms with van der Waals surface area (Å²) in [5.41, 5.74) is 0.254. The second kappa shape index (κ2) is 5.81. The van der Waals surface area contributed by atoms with Gasteiger partial charge >= 0.3 is 5.97 Å². The van der Waals surface area contributed by atoms with Gasteiger partial charge < -0.3 is 15.3 Å². The molecule has 2 N–H and O–H groups in total. The van der Waals surface area contributed by atoms with Crippen molar-refractivity contribution in [1.82, 2.24) is 15.2 Å². The molecule has 6 heteroatoms. The summed E-state index contributed by atoms with van der Waals surface area (Å²) in [5.74, 6) is -1.33. The zero-order valence-corrected chi connectivity index (χ0v) is 11.8. The molecule has 1 aromatic heterocycles. The SMILES string of the molecule is O=C(NC1CCN2CCCC2C1)c1ccnc(C(=O)O)c1. The first-order valence-electron chi connectivity index (χ1n) is 7.38. The first-order valence-corrected chi connectivity index (χ1v) is 7.38. The standard InChI is InChI=1S/C15H19N3O3/c19-14(10-3-5-16-13(8-10)15(20)21)17-11-4-7-18-6-1-2-12(18)9-11/h3,5,8,11-12H,1-2,4,6-7,9H2,(H,17,19)(H,20,21). The van der Waals surface area contributed by atoms with Gasteiger partial charge in [-0.1, -0.05) is 0 Å². The normalized spacial score (nSPS) is 25.3. The minimum atomic E-state index is -1.12. The Hall–Kier alpha value is -1.95. The third-order valence-electron chi connectivity index (χ3n) is 4.40. The van der Waals surface area contributed by atoms with Crippen LogP contribution in [0.15, 0.2) is 18.3 Å². The van der Waals surface area contributed by atoms with E-state index >= 15 is 0 Å². The van der Waals surface area contributed by atoms with E-state index in [1.54, 1.807) is 6.07 Å². The zero-order valence-electron chi connectivity index (χ0n) is 11.8. The molecule has 1 aromatic rings. The Kier molecular flexibility index (Phi) is 3.88. The van der Waals surface area contributed by atoms with Crippen LogP contribution in [0.3, 0.4) is 0 Å². The molecule has 3 heterocycles. The summed E-state index contributed by atoms with van der Waals surface area (Å²) in [5, 5.41) is 11.9. The lowest BCUT2D eigenvalue weighted by Crippen LogP contribution is -2.47. The molecular weight excluding hydrogens is 270 g/mol. The van der Waals surface area contributed by atoms with Gasteiger partial charge in [-0.15, -0.1) is 0 Å². The maximum Gasteiger partial charge on any atom is 0.354 e. The van der Waals surface area contributed by atoms with Gasteiger partial charge in [-0.3, -0.25) is 4.79 Å². The Balaban J connectivity index is 1.63. The molecule has 6 nitrogen and oxygen atoms in total. The van der Waals surface area contributed by atoms with Crippen LogP contribution in [-0.2, 0) is 0 Å². The number of hydrogen-bond acceptors (Lipinski definition) is 4. The summed E-state index contributed by atoms with van der Waals surface area (Å²) in [4.78, 5) is 29.3. The zero-order chi connectivity index (χ0) is 14.8. The minimum Gasteiger partial charge on any atom is -0.477 e. The number of aromatic carboxylic acids is 1. The highest BCUT2D eigenvalue weighted by atomic mass is 16.4. The Labute approximate surface area is 123 Å². The fourth-order valence-corrected chi connectivity index (χ4v) is 3.31. The van der Waals surface area contributed by atoms with Crippen molar-refractivity contribution in [2.24, 2.45) is 0 Å². The van der Waals surface area contributed by atoms with Crippen molar-refractivity contribution in [3.8, 4) is 0 Å². The van der Waals surface area contributed by atoms with Crippen molar-refractivity contribution in [3.63, 3.8) is 0 Å². The highest BCUT2D eigenvalue weighted by Crippen LogP contribution is 2.26. The minimum absolute atomic E-state index is 0.103. The Morgan fingerprint density at radius 3 is 3.00 bits per heavy atom. The molecular formula is C15H19N3O3. The van der Waals surface area contributed by atoms with Gasteiger partial charge in [-0.25, -0.2) is 9.78 Å². The molecule has 21 heavy (non-hydrogen) atoms. The molecule has 0 bridgehead atoms. The molecule has 0 saturated carbocycles. The van der Waals surface area contributed by atoms with Crippen LogP contribution in [0.25, 0.3) is 0 Å². The summed E-state index contributed by atoms with van der Waals surface area (Å²) in [6, 6.07) is 3.64. The van der Waals surface area contributed by atoms with Crippen LogP contribution < -0.4 is 5.32 Å². The van der Waals surface area contributed by atoms with E-state index in [0.29, 0.717) is 11.6 Å². The van der Waals surface area contributed by atoms with Gasteiger partial charge in [0.1, 0.15) is 5.69 Å². The van der Waals surface area contributed by atoms with Crippen molar-refractivity contribution >= 4 is 11.9 Å². The van der Waals surface area contributed by atoms with Crippen molar-refractivity contribution in [3.05, 3.63) is 29.6 Å². The molecule has 2 atom stereocenters. The number of nitrogens with zero attached hydrogens (tertiary/aromatic N) is 2. The summed E-state index contributed by atoms with van der Waals surface area (Å²) in [6.45, 7) is 2.21. The number of amides is 1. The third-order valence-corrected chi connectivity index (χ3v) is 4.40. The smallest absolute Gasteiger partial charge is 0.354 e. The summed E-state index contributed by atoms with van der Waals surface area (Å²) < 4.78 is 0. The number of fused-ring (bicyclic) bond motifs is 1. The highest BCUT2D eigenvalue weighted by molar-refractivity contribution is 5.96. The fraction of sp³-hybridized carbons (Fsp3) is 0.533. The van der Waals surface area contributed by atoms with Crippen molar-refractivity contribution in [2.75, 3.05) is 13.1 Å². The van der Waals surface area contributed by atoms with Gasteiger partial charge in [0.2, 0.25) is 0 Å². The van der Waals surface area contributed by atoms with E-state index in [4.69, 9.17) is 5.11 Å². The fourth-order valence-electron chi connectivity index (χ4n) is 3.31. The van der Waals surface area contributed by atoms with Gasteiger partial charge in [-0.05, 0) is 44.4 Å². The van der Waals surface area contributed by atoms with E-state index in [-0.39, 0.29) is 17.6 Å². The molecule has 2 fully saturated rings. The van der Waals surface area contributed by atoms with E-state index < -0.39 is 5.97 Å². The molecule has 0 spiro atoms. The van der Waals surface area contributed by atoms with Crippen molar-refractivity contribution < 1.29 is 14.7 Å². The van der Waals surface area contributed by atoms with Gasteiger partial charge in [-0.2, -0.15) is 0 Å². The molecule has 3 rings (SSSR count). The van der Waals surface area contributed by atoms with Crippen LogP contribution in [0, 0.1) is 0 Å². The van der Waals surface area contributed by atoms with E-state index in [1.165, 1.54) is 31.6 Å². The van der Waals surface area contributed by atoms with E-state index in [2.05, 4.69) is 15.2 Å². The first kappa shape index (κ1) is 14.0. The molecule has 0 radical (unpaired) electrons. The topological polar surface area (TPSA) is 82.5 Å². The monoisotopic (exact) mass is 289 g/mol. The average Bonchev–Trinajstić information content (AvgIpc) is 2.95. The number of pyridine rings is 1. The predicted octanol–water partition coefficient (Wildman–Crippen LogP) is 1.14. The third kappa shape index (κ3) is 3.05. The number of carbonyl (C=O) groups is 2. The Morgan fingerprint density at radius 1 is 1.33 bits per heavy atom. The molecule has 0 aliphatic carbocycles. The number of piperidine rings is 1. The van der Waals surface area contributed by atoms with E-state index in [0.717, 1.165) is 19.4 Å². The number of carboxylic acids is 1. The summed E-state index contributed by atoms with van der Waals surface area (Å²) in [6.07, 6.45) is 5.77. The maximum atomic E-state index is 12.2. The Morgan fingerprint density at radius 2 is 2.19 bits per heavy atom. The van der Waals surface area contributed by atoms with E-state index in [1.807, 2.05) is 0 Å². The van der Waals surface area contributed by atoms with Gasteiger partial charge in [0, 0.05) is 30.4 Å². The molecule has 2 unspecified atom stereocenters. The van der Waals surface area contributed by atoms with Gasteiger partial charge in [0.25, 0.3) is 5.91 Å². The predicted molar refractivity (Wildman–Crippen MR) is 76.3 cm³/mol. The molecule has 1 amide bonds. The number of carboxylic acid groups (broad SMARTS) is 1. The second-order valence-electron chi connectivity index (χ2n) is 5.76. The van der Waals surface area contributed by atoms with Crippen molar-refractivity contribution in [1.29, 1.82) is 0 Å². The molecule has 112 valence electrons. The number of hydrogen-bond donors (Lipinski definition) is 2. The van der Waals surface area contributed by atoms with Crippen molar-refractivity contribution in [2.45, 2.75) is 37.8 Å². The first-order chi connectivity index (χ1) is 10.1. The molecule has 2 aliphatic heterocycles. The quantitative estimate of drug-likeness (QED) is 0.872. The number of aromatic nitrogens is 1. The van der Waals surface area contributed by atoms with Crippen LogP contribution in [0.2, 0.25) is 0 Å². The van der Waals surface area contributed by atoms with Gasteiger partial charge in [0.05, 0.1) is 0 Å². The maximum absolute atomic E-state index is 12.2. The number of nitrogens with one attached hydrogen (secondary N) is 1. The van der Waals surface area contributed by atoms with Gasteiger partial charge in [0.15, 0.2) is 0 Å². The molecule has 0 aromatic carbocycles. The van der Waals surface area contributed by atoms with Crippen LogP contribution in [0.1, 0.15) is 46.5 Å². The van der Waals surface area contributed by atoms with Crippen LogP contribution in [-0.4, -0.2) is 52.0 Å². The Bertz CT molecular complexity index is 561. The lowest BCUT2D eigenvalue weighted by Gasteiger charge is -2.35. The van der Waals surface area contributed by atoms with Crippen LogP contribution >= 0.6 is 0 Å². The molecule has 2 aliphatic rings. The van der Waals surface area contributed by atoms with Crippen LogP contribution in [0.4, 0.5) is 0 Å². The van der Waals surface area contributed by atoms with Crippen LogP contribution in [0.5, 0.6) is 0 Å².